The van der Waals surface area contributed by atoms with Crippen LogP contribution in [0.2, 0.25) is 0 Å². The highest BCUT2D eigenvalue weighted by Gasteiger charge is 2.27. The van der Waals surface area contributed by atoms with E-state index in [2.05, 4.69) is 38.8 Å². The lowest BCUT2D eigenvalue weighted by molar-refractivity contribution is 0.0115. The van der Waals surface area contributed by atoms with Crippen LogP contribution >= 0.6 is 0 Å². The Bertz CT molecular complexity index is 840. The maximum absolute atomic E-state index is 5.86. The molecule has 0 saturated carbocycles. The molecule has 0 aliphatic carbocycles. The van der Waals surface area contributed by atoms with Crippen LogP contribution in [-0.4, -0.2) is 67.4 Å². The van der Waals surface area contributed by atoms with E-state index in [4.69, 9.17) is 20.9 Å². The highest BCUT2D eigenvalue weighted by Crippen LogP contribution is 2.36. The van der Waals surface area contributed by atoms with Gasteiger partial charge >= 0.3 is 0 Å². The Morgan fingerprint density at radius 3 is 2.28 bits per heavy atom. The van der Waals surface area contributed by atoms with Gasteiger partial charge in [0.15, 0.2) is 5.82 Å². The first-order valence-corrected chi connectivity index (χ1v) is 10.2. The quantitative estimate of drug-likeness (QED) is 0.805. The molecule has 0 radical (unpaired) electrons. The monoisotopic (exact) mass is 398 g/mol. The third kappa shape index (κ3) is 4.23. The molecule has 2 aromatic rings. The van der Waals surface area contributed by atoms with Crippen molar-refractivity contribution in [3.8, 4) is 17.1 Å². The van der Waals surface area contributed by atoms with Crippen molar-refractivity contribution in [2.75, 3.05) is 62.9 Å². The van der Waals surface area contributed by atoms with Gasteiger partial charge in [-0.05, 0) is 31.4 Å². The van der Waals surface area contributed by atoms with Crippen molar-refractivity contribution in [1.82, 2.24) is 14.9 Å². The van der Waals surface area contributed by atoms with E-state index in [1.165, 1.54) is 18.5 Å². The molecular formula is C21H30N6O2. The predicted molar refractivity (Wildman–Crippen MR) is 115 cm³/mol. The number of nitrogens with two attached hydrogens (primary N) is 2. The third-order valence-electron chi connectivity index (χ3n) is 5.89. The summed E-state index contributed by atoms with van der Waals surface area (Å²) in [5.74, 6) is 1.91. The number of anilines is 3. The number of aryl methyl sites for hydroxylation is 1. The predicted octanol–water partition coefficient (Wildman–Crippen LogP) is 1.93. The highest BCUT2D eigenvalue weighted by molar-refractivity contribution is 5.73. The first kappa shape index (κ1) is 19.7. The number of aromatic nitrogens is 2. The zero-order valence-electron chi connectivity index (χ0n) is 17.2. The highest BCUT2D eigenvalue weighted by atomic mass is 16.5. The minimum atomic E-state index is 0.349. The topological polar surface area (TPSA) is 103 Å². The van der Waals surface area contributed by atoms with Crippen molar-refractivity contribution in [1.29, 1.82) is 0 Å². The fraction of sp³-hybridized carbons (Fsp3) is 0.524. The van der Waals surface area contributed by atoms with Crippen molar-refractivity contribution in [3.05, 3.63) is 23.8 Å². The third-order valence-corrected chi connectivity index (χ3v) is 5.89. The Morgan fingerprint density at radius 1 is 1.00 bits per heavy atom. The van der Waals surface area contributed by atoms with Gasteiger partial charge in [-0.3, -0.25) is 4.90 Å². The number of rotatable bonds is 4. The van der Waals surface area contributed by atoms with E-state index in [-0.39, 0.29) is 0 Å². The molecular weight excluding hydrogens is 368 g/mol. The molecule has 1 aromatic heterocycles. The van der Waals surface area contributed by atoms with Gasteiger partial charge < -0.3 is 25.8 Å². The number of nitrogen functional groups attached to an aromatic ring is 2. The summed E-state index contributed by atoms with van der Waals surface area (Å²) in [5.41, 5.74) is 14.9. The molecule has 8 heteroatoms. The summed E-state index contributed by atoms with van der Waals surface area (Å²) < 4.78 is 11.2. The summed E-state index contributed by atoms with van der Waals surface area (Å²) in [7, 11) is 1.66. The van der Waals surface area contributed by atoms with Crippen LogP contribution in [0.1, 0.15) is 18.4 Å². The molecule has 0 amide bonds. The number of methoxy groups -OCH3 is 1. The second kappa shape index (κ2) is 8.42. The summed E-state index contributed by atoms with van der Waals surface area (Å²) in [6.45, 7) is 8.00. The molecule has 4 N–H and O–H groups in total. The smallest absolute Gasteiger partial charge is 0.167 e. The van der Waals surface area contributed by atoms with Crippen molar-refractivity contribution in [3.63, 3.8) is 0 Å². The van der Waals surface area contributed by atoms with Crippen molar-refractivity contribution < 1.29 is 9.47 Å². The number of hydrogen-bond donors (Lipinski definition) is 2. The summed E-state index contributed by atoms with van der Waals surface area (Å²) >= 11 is 0. The van der Waals surface area contributed by atoms with Gasteiger partial charge in [-0.1, -0.05) is 0 Å². The standard InChI is InChI=1S/C21H30N6O2/c1-14-11-16(21-24-19(22)13-20(23)25-21)18(28-2)12-17(14)27-5-3-15(4-6-27)26-7-9-29-10-8-26/h11-13,15H,3-10H2,1-2H3,(H4,22,23,24,25). The molecule has 2 aliphatic rings. The summed E-state index contributed by atoms with van der Waals surface area (Å²) in [5, 5.41) is 0. The number of piperidine rings is 1. The van der Waals surface area contributed by atoms with Crippen LogP contribution in [0.25, 0.3) is 11.4 Å². The number of hydrogen-bond acceptors (Lipinski definition) is 8. The Labute approximate surface area is 171 Å². The molecule has 3 heterocycles. The molecule has 2 aliphatic heterocycles. The molecule has 29 heavy (non-hydrogen) atoms. The number of benzene rings is 1. The molecule has 1 aromatic carbocycles. The average Bonchev–Trinajstić information content (AvgIpc) is 2.73. The fourth-order valence-corrected chi connectivity index (χ4v) is 4.38. The van der Waals surface area contributed by atoms with Crippen LogP contribution in [-0.2, 0) is 4.74 Å². The van der Waals surface area contributed by atoms with Crippen LogP contribution in [0.5, 0.6) is 5.75 Å². The molecule has 0 bridgehead atoms. The Hall–Kier alpha value is -2.58. The van der Waals surface area contributed by atoms with E-state index in [1.54, 1.807) is 13.2 Å². The Morgan fingerprint density at radius 2 is 1.66 bits per heavy atom. The number of nitrogens with zero attached hydrogens (tertiary/aromatic N) is 4. The summed E-state index contributed by atoms with van der Waals surface area (Å²) in [6.07, 6.45) is 2.33. The van der Waals surface area contributed by atoms with Crippen LogP contribution < -0.4 is 21.1 Å². The average molecular weight is 399 g/mol. The van der Waals surface area contributed by atoms with Crippen LogP contribution in [0, 0.1) is 6.92 Å². The van der Waals surface area contributed by atoms with Gasteiger partial charge in [0.2, 0.25) is 0 Å². The normalized spacial score (nSPS) is 18.8. The maximum Gasteiger partial charge on any atom is 0.167 e. The molecule has 2 saturated heterocycles. The zero-order chi connectivity index (χ0) is 20.4. The van der Waals surface area contributed by atoms with Gasteiger partial charge in [0.05, 0.1) is 25.9 Å². The van der Waals surface area contributed by atoms with E-state index in [1.807, 2.05) is 0 Å². The maximum atomic E-state index is 5.86. The van der Waals surface area contributed by atoms with Crippen molar-refractivity contribution >= 4 is 17.3 Å². The van der Waals surface area contributed by atoms with E-state index < -0.39 is 0 Å². The zero-order valence-corrected chi connectivity index (χ0v) is 17.2. The van der Waals surface area contributed by atoms with E-state index in [0.717, 1.165) is 56.3 Å². The van der Waals surface area contributed by atoms with Gasteiger partial charge in [-0.25, -0.2) is 9.97 Å². The lowest BCUT2D eigenvalue weighted by atomic mass is 10.00. The SMILES string of the molecule is COc1cc(N2CCC(N3CCOCC3)CC2)c(C)cc1-c1nc(N)cc(N)n1. The molecule has 4 rings (SSSR count). The number of ether oxygens (including phenoxy) is 2. The van der Waals surface area contributed by atoms with Gasteiger partial charge in [-0.2, -0.15) is 0 Å². The molecule has 0 spiro atoms. The van der Waals surface area contributed by atoms with E-state index in [9.17, 15) is 0 Å². The van der Waals surface area contributed by atoms with E-state index >= 15 is 0 Å². The lowest BCUT2D eigenvalue weighted by Crippen LogP contribution is -2.49. The molecule has 0 atom stereocenters. The van der Waals surface area contributed by atoms with Crippen LogP contribution in [0.4, 0.5) is 17.3 Å². The van der Waals surface area contributed by atoms with Crippen molar-refractivity contribution in [2.45, 2.75) is 25.8 Å². The minimum Gasteiger partial charge on any atom is -0.496 e. The van der Waals surface area contributed by atoms with Crippen molar-refractivity contribution in [2.24, 2.45) is 0 Å². The van der Waals surface area contributed by atoms with E-state index in [0.29, 0.717) is 23.5 Å². The molecule has 8 nitrogen and oxygen atoms in total. The Kier molecular flexibility index (Phi) is 5.73. The largest absolute Gasteiger partial charge is 0.496 e. The van der Waals surface area contributed by atoms with Crippen LogP contribution in [0.3, 0.4) is 0 Å². The van der Waals surface area contributed by atoms with Crippen LogP contribution in [0.15, 0.2) is 18.2 Å². The van der Waals surface area contributed by atoms with Gasteiger partial charge in [0, 0.05) is 50.0 Å². The summed E-state index contributed by atoms with van der Waals surface area (Å²) in [6, 6.07) is 6.36. The first-order valence-electron chi connectivity index (χ1n) is 10.2. The lowest BCUT2D eigenvalue weighted by Gasteiger charge is -2.41. The van der Waals surface area contributed by atoms with Gasteiger partial charge in [-0.15, -0.1) is 0 Å². The van der Waals surface area contributed by atoms with Gasteiger partial charge in [0.1, 0.15) is 17.4 Å². The second-order valence-corrected chi connectivity index (χ2v) is 7.75. The molecule has 0 unspecified atom stereocenters. The second-order valence-electron chi connectivity index (χ2n) is 7.75. The Balaban J connectivity index is 1.54. The summed E-state index contributed by atoms with van der Waals surface area (Å²) in [4.78, 5) is 13.7. The minimum absolute atomic E-state index is 0.349. The number of morpholine rings is 1. The molecule has 156 valence electrons. The first-order chi connectivity index (χ1) is 14.0. The van der Waals surface area contributed by atoms with Gasteiger partial charge in [0.25, 0.3) is 0 Å². The fourth-order valence-electron chi connectivity index (χ4n) is 4.38. The molecule has 2 fully saturated rings.